The van der Waals surface area contributed by atoms with Gasteiger partial charge < -0.3 is 4.74 Å². The number of hydrogen-bond acceptors (Lipinski definition) is 3. The molecule has 0 atom stereocenters. The molecule has 1 aromatic heterocycles. The number of ether oxygens (including phenoxy) is 1. The average molecular weight is 190 g/mol. The van der Waals surface area contributed by atoms with Crippen molar-refractivity contribution in [2.24, 2.45) is 0 Å². The second-order valence-electron chi connectivity index (χ2n) is 2.49. The van der Waals surface area contributed by atoms with Crippen LogP contribution in [0.1, 0.15) is 0 Å². The van der Waals surface area contributed by atoms with Crippen molar-refractivity contribution in [2.45, 2.75) is 0 Å². The van der Waals surface area contributed by atoms with Gasteiger partial charge in [0.2, 0.25) is 0 Å². The van der Waals surface area contributed by atoms with Crippen LogP contribution in [0.2, 0.25) is 0 Å². The second kappa shape index (κ2) is 3.58. The van der Waals surface area contributed by atoms with Crippen LogP contribution in [0.4, 0.5) is 0 Å². The van der Waals surface area contributed by atoms with Crippen molar-refractivity contribution in [3.05, 3.63) is 35.7 Å². The normalized spacial score (nSPS) is 9.92. The van der Waals surface area contributed by atoms with Gasteiger partial charge >= 0.3 is 0 Å². The van der Waals surface area contributed by atoms with Gasteiger partial charge in [-0.05, 0) is 6.07 Å². The molecule has 3 heteroatoms. The van der Waals surface area contributed by atoms with Gasteiger partial charge in [0.05, 0.1) is 12.8 Å². The van der Waals surface area contributed by atoms with E-state index >= 15 is 0 Å². The first-order valence-corrected chi connectivity index (χ1v) is 4.74. The maximum Gasteiger partial charge on any atom is 0.273 e. The van der Waals surface area contributed by atoms with Crippen molar-refractivity contribution in [1.82, 2.24) is 4.98 Å². The summed E-state index contributed by atoms with van der Waals surface area (Å²) in [6.07, 6.45) is 0. The van der Waals surface area contributed by atoms with E-state index in [2.05, 4.69) is 11.1 Å². The number of rotatable bonds is 2. The molecule has 65 valence electrons. The van der Waals surface area contributed by atoms with Crippen LogP contribution in [0.25, 0.3) is 11.3 Å². The second-order valence-corrected chi connectivity index (χ2v) is 3.31. The average Bonchev–Trinajstić information content (AvgIpc) is 2.67. The molecule has 0 N–H and O–H groups in total. The summed E-state index contributed by atoms with van der Waals surface area (Å²) in [5.41, 5.74) is 2.05. The van der Waals surface area contributed by atoms with Gasteiger partial charge in [0.25, 0.3) is 5.19 Å². The van der Waals surface area contributed by atoms with Gasteiger partial charge in [-0.3, -0.25) is 0 Å². The van der Waals surface area contributed by atoms with Crippen molar-refractivity contribution in [2.75, 3.05) is 7.11 Å². The highest BCUT2D eigenvalue weighted by Crippen LogP contribution is 2.25. The molecule has 0 unspecified atom stereocenters. The monoisotopic (exact) mass is 190 g/mol. The van der Waals surface area contributed by atoms with E-state index in [9.17, 15) is 0 Å². The van der Waals surface area contributed by atoms with E-state index in [0.717, 1.165) is 11.3 Å². The van der Waals surface area contributed by atoms with Gasteiger partial charge in [0, 0.05) is 10.9 Å². The first kappa shape index (κ1) is 8.26. The molecule has 2 nitrogen and oxygen atoms in total. The van der Waals surface area contributed by atoms with Crippen molar-refractivity contribution in [3.63, 3.8) is 0 Å². The van der Waals surface area contributed by atoms with Gasteiger partial charge in [0.1, 0.15) is 0 Å². The fraction of sp³-hybridized carbons (Fsp3) is 0.100. The molecule has 1 heterocycles. The first-order chi connectivity index (χ1) is 6.40. The zero-order valence-electron chi connectivity index (χ0n) is 7.15. The highest BCUT2D eigenvalue weighted by Gasteiger charge is 2.02. The Morgan fingerprint density at radius 2 is 2.15 bits per heavy atom. The first-order valence-electron chi connectivity index (χ1n) is 3.86. The summed E-state index contributed by atoms with van der Waals surface area (Å²) < 4.78 is 5.02. The lowest BCUT2D eigenvalue weighted by atomic mass is 10.2. The molecule has 0 aliphatic carbocycles. The Labute approximate surface area is 80.8 Å². The van der Waals surface area contributed by atoms with Crippen LogP contribution in [0.3, 0.4) is 0 Å². The molecule has 1 radical (unpaired) electrons. The summed E-state index contributed by atoms with van der Waals surface area (Å²) in [5.74, 6) is 0. The number of benzene rings is 1. The number of methoxy groups -OCH3 is 1. The quantitative estimate of drug-likeness (QED) is 0.726. The third kappa shape index (κ3) is 1.70. The Morgan fingerprint density at radius 1 is 1.38 bits per heavy atom. The van der Waals surface area contributed by atoms with E-state index in [1.807, 2.05) is 29.6 Å². The van der Waals surface area contributed by atoms with Crippen LogP contribution in [0, 0.1) is 6.07 Å². The smallest absolute Gasteiger partial charge is 0.273 e. The standard InChI is InChI=1S/C10H8NOS/c1-12-10-11-9(7-13-10)8-5-3-2-4-6-8/h3-7H,1H3. The van der Waals surface area contributed by atoms with Crippen LogP contribution in [-0.2, 0) is 0 Å². The van der Waals surface area contributed by atoms with E-state index in [1.54, 1.807) is 7.11 Å². The lowest BCUT2D eigenvalue weighted by Gasteiger charge is -1.93. The number of thiazole rings is 1. The Kier molecular flexibility index (Phi) is 2.27. The van der Waals surface area contributed by atoms with E-state index < -0.39 is 0 Å². The van der Waals surface area contributed by atoms with Crippen molar-refractivity contribution < 1.29 is 4.74 Å². The van der Waals surface area contributed by atoms with E-state index in [4.69, 9.17) is 4.74 Å². The summed E-state index contributed by atoms with van der Waals surface area (Å²) in [7, 11) is 1.63. The van der Waals surface area contributed by atoms with Crippen molar-refractivity contribution in [1.29, 1.82) is 0 Å². The number of nitrogens with zero attached hydrogens (tertiary/aromatic N) is 1. The largest absolute Gasteiger partial charge is 0.473 e. The minimum Gasteiger partial charge on any atom is -0.473 e. The molecule has 2 rings (SSSR count). The predicted octanol–water partition coefficient (Wildman–Crippen LogP) is 2.62. The molecule has 13 heavy (non-hydrogen) atoms. The fourth-order valence-electron chi connectivity index (χ4n) is 1.04. The summed E-state index contributed by atoms with van der Waals surface area (Å²) in [4.78, 5) is 4.28. The maximum atomic E-state index is 5.02. The molecule has 0 saturated carbocycles. The summed E-state index contributed by atoms with van der Waals surface area (Å²) in [6, 6.07) is 10.7. The number of aromatic nitrogens is 1. The van der Waals surface area contributed by atoms with E-state index in [1.165, 1.54) is 11.3 Å². The molecular weight excluding hydrogens is 182 g/mol. The molecule has 0 saturated heterocycles. The van der Waals surface area contributed by atoms with Gasteiger partial charge in [-0.1, -0.05) is 35.6 Å². The Balaban J connectivity index is 2.36. The SMILES string of the molecule is COc1nc(-c2cc[c]cc2)cs1. The Hall–Kier alpha value is -1.35. The maximum absolute atomic E-state index is 5.02. The van der Waals surface area contributed by atoms with Gasteiger partial charge in [0.15, 0.2) is 0 Å². The van der Waals surface area contributed by atoms with Crippen molar-refractivity contribution >= 4 is 11.3 Å². The van der Waals surface area contributed by atoms with Gasteiger partial charge in [-0.2, -0.15) is 0 Å². The van der Waals surface area contributed by atoms with Crippen LogP contribution in [0.15, 0.2) is 29.6 Å². The van der Waals surface area contributed by atoms with Crippen LogP contribution in [0.5, 0.6) is 5.19 Å². The topological polar surface area (TPSA) is 22.1 Å². The highest BCUT2D eigenvalue weighted by molar-refractivity contribution is 7.11. The molecule has 0 bridgehead atoms. The molecule has 0 spiro atoms. The zero-order valence-corrected chi connectivity index (χ0v) is 7.97. The van der Waals surface area contributed by atoms with Crippen LogP contribution < -0.4 is 4.74 Å². The predicted molar refractivity (Wildman–Crippen MR) is 52.9 cm³/mol. The molecule has 0 aliphatic rings. The molecule has 1 aromatic carbocycles. The summed E-state index contributed by atoms with van der Waals surface area (Å²) >= 11 is 1.50. The Morgan fingerprint density at radius 3 is 2.77 bits per heavy atom. The fourth-order valence-corrected chi connectivity index (χ4v) is 1.69. The summed E-state index contributed by atoms with van der Waals surface area (Å²) in [5, 5.41) is 2.68. The molecule has 2 aromatic rings. The van der Waals surface area contributed by atoms with E-state index in [0.29, 0.717) is 5.19 Å². The minimum absolute atomic E-state index is 0.697. The third-order valence-electron chi connectivity index (χ3n) is 1.67. The highest BCUT2D eigenvalue weighted by atomic mass is 32.1. The Bertz CT molecular complexity index is 383. The van der Waals surface area contributed by atoms with Gasteiger partial charge in [-0.15, -0.1) is 0 Å². The third-order valence-corrected chi connectivity index (χ3v) is 2.47. The molecule has 0 fully saturated rings. The van der Waals surface area contributed by atoms with Crippen LogP contribution >= 0.6 is 11.3 Å². The van der Waals surface area contributed by atoms with Gasteiger partial charge in [-0.25, -0.2) is 4.98 Å². The molecule has 0 amide bonds. The zero-order chi connectivity index (χ0) is 9.10. The lowest BCUT2D eigenvalue weighted by molar-refractivity contribution is 0.412. The molecular formula is C10H8NOS. The van der Waals surface area contributed by atoms with E-state index in [-0.39, 0.29) is 0 Å². The summed E-state index contributed by atoms with van der Waals surface area (Å²) in [6.45, 7) is 0. The van der Waals surface area contributed by atoms with Crippen LogP contribution in [-0.4, -0.2) is 12.1 Å². The van der Waals surface area contributed by atoms with Crippen molar-refractivity contribution in [3.8, 4) is 16.5 Å². The minimum atomic E-state index is 0.697. The lowest BCUT2D eigenvalue weighted by Crippen LogP contribution is -1.81. The number of hydrogen-bond donors (Lipinski definition) is 0. The molecule has 0 aliphatic heterocycles.